The van der Waals surface area contributed by atoms with Crippen LogP contribution in [0.1, 0.15) is 66.5 Å². The van der Waals surface area contributed by atoms with E-state index in [9.17, 15) is 14.9 Å². The Hall–Kier alpha value is -2.92. The van der Waals surface area contributed by atoms with Crippen molar-refractivity contribution in [3.8, 4) is 6.07 Å². The SMILES string of the molecule is N#Cc1c(NC(=O)CCC2CCCCC2)sc2c1CCN(C(=O)NCc1cccnc1)C2. The second-order valence-electron chi connectivity index (χ2n) is 8.60. The van der Waals surface area contributed by atoms with Gasteiger partial charge in [-0.15, -0.1) is 11.3 Å². The third-order valence-corrected chi connectivity index (χ3v) is 7.51. The van der Waals surface area contributed by atoms with E-state index in [0.29, 0.717) is 49.0 Å². The van der Waals surface area contributed by atoms with E-state index in [2.05, 4.69) is 21.7 Å². The van der Waals surface area contributed by atoms with Crippen molar-refractivity contribution >= 4 is 28.3 Å². The molecule has 1 aliphatic carbocycles. The molecule has 7 nitrogen and oxygen atoms in total. The van der Waals surface area contributed by atoms with Crippen molar-refractivity contribution in [3.05, 3.63) is 46.1 Å². The molecule has 1 aliphatic heterocycles. The molecular weight excluding hydrogens is 422 g/mol. The Morgan fingerprint density at radius 2 is 2.12 bits per heavy atom. The molecule has 168 valence electrons. The van der Waals surface area contributed by atoms with Gasteiger partial charge in [-0.05, 0) is 36.0 Å². The van der Waals surface area contributed by atoms with E-state index in [-0.39, 0.29) is 11.9 Å². The first-order valence-electron chi connectivity index (χ1n) is 11.4. The number of amides is 3. The van der Waals surface area contributed by atoms with Crippen LogP contribution in [0.5, 0.6) is 0 Å². The number of nitrogens with one attached hydrogen (secondary N) is 2. The molecule has 1 fully saturated rings. The van der Waals surface area contributed by atoms with Crippen LogP contribution >= 0.6 is 11.3 Å². The summed E-state index contributed by atoms with van der Waals surface area (Å²) in [4.78, 5) is 32.0. The van der Waals surface area contributed by atoms with Gasteiger partial charge in [0.1, 0.15) is 11.1 Å². The maximum atomic E-state index is 12.6. The van der Waals surface area contributed by atoms with Gasteiger partial charge in [0.25, 0.3) is 0 Å². The summed E-state index contributed by atoms with van der Waals surface area (Å²) in [7, 11) is 0. The number of aromatic nitrogens is 1. The number of fused-ring (bicyclic) bond motifs is 1. The zero-order valence-corrected chi connectivity index (χ0v) is 19.0. The lowest BCUT2D eigenvalue weighted by molar-refractivity contribution is -0.116. The van der Waals surface area contributed by atoms with Gasteiger partial charge in [-0.25, -0.2) is 4.79 Å². The average Bonchev–Trinajstić information content (AvgIpc) is 3.18. The lowest BCUT2D eigenvalue weighted by Crippen LogP contribution is -2.42. The summed E-state index contributed by atoms with van der Waals surface area (Å²) in [6.07, 6.45) is 11.8. The Labute approximate surface area is 192 Å². The van der Waals surface area contributed by atoms with Gasteiger partial charge in [0, 0.05) is 36.8 Å². The van der Waals surface area contributed by atoms with E-state index in [4.69, 9.17) is 0 Å². The molecule has 0 atom stereocenters. The van der Waals surface area contributed by atoms with E-state index in [0.717, 1.165) is 22.4 Å². The molecule has 0 unspecified atom stereocenters. The van der Waals surface area contributed by atoms with Crippen LogP contribution in [0, 0.1) is 17.2 Å². The van der Waals surface area contributed by atoms with Crippen LogP contribution in [0.15, 0.2) is 24.5 Å². The third kappa shape index (κ3) is 5.46. The van der Waals surface area contributed by atoms with Crippen LogP contribution < -0.4 is 10.6 Å². The first kappa shape index (κ1) is 22.3. The molecule has 0 saturated heterocycles. The van der Waals surface area contributed by atoms with Crippen LogP contribution in [0.4, 0.5) is 9.80 Å². The van der Waals surface area contributed by atoms with Crippen LogP contribution in [0.25, 0.3) is 0 Å². The molecule has 0 aromatic carbocycles. The van der Waals surface area contributed by atoms with E-state index < -0.39 is 0 Å². The molecule has 3 amide bonds. The summed E-state index contributed by atoms with van der Waals surface area (Å²) in [5.41, 5.74) is 2.47. The summed E-state index contributed by atoms with van der Waals surface area (Å²) >= 11 is 1.43. The van der Waals surface area contributed by atoms with E-state index in [1.54, 1.807) is 17.3 Å². The van der Waals surface area contributed by atoms with Crippen molar-refractivity contribution in [3.63, 3.8) is 0 Å². The fraction of sp³-hybridized carbons (Fsp3) is 0.500. The van der Waals surface area contributed by atoms with Crippen LogP contribution in [0.2, 0.25) is 0 Å². The van der Waals surface area contributed by atoms with Gasteiger partial charge in [-0.1, -0.05) is 38.2 Å². The van der Waals surface area contributed by atoms with Gasteiger partial charge >= 0.3 is 6.03 Å². The number of carbonyl (C=O) groups is 2. The Morgan fingerprint density at radius 3 is 2.88 bits per heavy atom. The van der Waals surface area contributed by atoms with Crippen molar-refractivity contribution < 1.29 is 9.59 Å². The number of thiophene rings is 1. The lowest BCUT2D eigenvalue weighted by atomic mass is 9.86. The smallest absolute Gasteiger partial charge is 0.318 e. The van der Waals surface area contributed by atoms with Crippen LogP contribution in [-0.4, -0.2) is 28.4 Å². The maximum Gasteiger partial charge on any atom is 0.318 e. The topological polar surface area (TPSA) is 98.1 Å². The number of hydrogen-bond donors (Lipinski definition) is 2. The first-order chi connectivity index (χ1) is 15.6. The van der Waals surface area contributed by atoms with E-state index in [1.165, 1.54) is 43.4 Å². The Morgan fingerprint density at radius 1 is 1.28 bits per heavy atom. The molecule has 3 heterocycles. The highest BCUT2D eigenvalue weighted by Crippen LogP contribution is 2.37. The van der Waals surface area contributed by atoms with Gasteiger partial charge in [0.2, 0.25) is 5.91 Å². The number of carbonyl (C=O) groups excluding carboxylic acids is 2. The predicted octanol–water partition coefficient (Wildman–Crippen LogP) is 4.58. The molecule has 2 aromatic heterocycles. The number of urea groups is 1. The highest BCUT2D eigenvalue weighted by Gasteiger charge is 2.27. The molecule has 8 heteroatoms. The predicted molar refractivity (Wildman–Crippen MR) is 124 cm³/mol. The van der Waals surface area contributed by atoms with Gasteiger partial charge in [0.15, 0.2) is 0 Å². The number of nitrogens with zero attached hydrogens (tertiary/aromatic N) is 3. The first-order valence-corrected chi connectivity index (χ1v) is 12.2. The van der Waals surface area contributed by atoms with Crippen molar-refractivity contribution in [2.45, 2.75) is 64.5 Å². The minimum Gasteiger partial charge on any atom is -0.334 e. The van der Waals surface area contributed by atoms with E-state index >= 15 is 0 Å². The molecular formula is C24H29N5O2S. The number of nitriles is 1. The quantitative estimate of drug-likeness (QED) is 0.671. The summed E-state index contributed by atoms with van der Waals surface area (Å²) in [6.45, 7) is 1.42. The molecule has 0 radical (unpaired) electrons. The minimum absolute atomic E-state index is 0.0169. The summed E-state index contributed by atoms with van der Waals surface area (Å²) in [6, 6.07) is 5.90. The molecule has 0 bridgehead atoms. The minimum atomic E-state index is -0.135. The normalized spacial score (nSPS) is 16.2. The fourth-order valence-corrected chi connectivity index (χ4v) is 5.81. The Bertz CT molecular complexity index is 992. The van der Waals surface area contributed by atoms with E-state index in [1.807, 2.05) is 12.1 Å². The number of anilines is 1. The molecule has 2 N–H and O–H groups in total. The molecule has 1 saturated carbocycles. The van der Waals surface area contributed by atoms with Crippen LogP contribution in [0.3, 0.4) is 0 Å². The van der Waals surface area contributed by atoms with Crippen molar-refractivity contribution in [1.29, 1.82) is 5.26 Å². The average molecular weight is 452 g/mol. The zero-order valence-electron chi connectivity index (χ0n) is 18.2. The van der Waals surface area contributed by atoms with Crippen molar-refractivity contribution in [1.82, 2.24) is 15.2 Å². The number of hydrogen-bond acceptors (Lipinski definition) is 5. The third-order valence-electron chi connectivity index (χ3n) is 6.38. The zero-order chi connectivity index (χ0) is 22.3. The van der Waals surface area contributed by atoms with Gasteiger partial charge in [0.05, 0.1) is 12.1 Å². The monoisotopic (exact) mass is 451 g/mol. The summed E-state index contributed by atoms with van der Waals surface area (Å²) in [5, 5.41) is 16.2. The lowest BCUT2D eigenvalue weighted by Gasteiger charge is -2.27. The highest BCUT2D eigenvalue weighted by atomic mass is 32.1. The fourth-order valence-electron chi connectivity index (χ4n) is 4.58. The number of rotatable bonds is 6. The Kier molecular flexibility index (Phi) is 7.38. The largest absolute Gasteiger partial charge is 0.334 e. The van der Waals surface area contributed by atoms with Crippen LogP contribution in [-0.2, 0) is 24.3 Å². The molecule has 4 rings (SSSR count). The number of pyridine rings is 1. The molecule has 32 heavy (non-hydrogen) atoms. The highest BCUT2D eigenvalue weighted by molar-refractivity contribution is 7.16. The maximum absolute atomic E-state index is 12.6. The molecule has 2 aliphatic rings. The summed E-state index contributed by atoms with van der Waals surface area (Å²) < 4.78 is 0. The second kappa shape index (κ2) is 10.6. The molecule has 0 spiro atoms. The second-order valence-corrected chi connectivity index (χ2v) is 9.71. The van der Waals surface area contributed by atoms with Gasteiger partial charge in [-0.3, -0.25) is 9.78 Å². The van der Waals surface area contributed by atoms with Gasteiger partial charge in [-0.2, -0.15) is 5.26 Å². The molecule has 2 aromatic rings. The van der Waals surface area contributed by atoms with Gasteiger partial charge < -0.3 is 15.5 Å². The van der Waals surface area contributed by atoms with Crippen molar-refractivity contribution in [2.75, 3.05) is 11.9 Å². The Balaban J connectivity index is 1.34. The van der Waals surface area contributed by atoms with Crippen molar-refractivity contribution in [2.24, 2.45) is 5.92 Å². The standard InChI is InChI=1S/C24H29N5O2S/c25-13-20-19-10-12-29(24(31)27-15-18-7-4-11-26-14-18)16-21(19)32-23(20)28-22(30)9-8-17-5-2-1-3-6-17/h4,7,11,14,17H,1-3,5-6,8-10,12,15-16H2,(H,27,31)(H,28,30). The summed E-state index contributed by atoms with van der Waals surface area (Å²) in [5.74, 6) is 0.636.